The maximum Gasteiger partial charge on any atom is 0.122 e. The first-order chi connectivity index (χ1) is 8.56. The van der Waals surface area contributed by atoms with Crippen molar-refractivity contribution in [2.75, 3.05) is 13.1 Å². The van der Waals surface area contributed by atoms with E-state index in [0.717, 1.165) is 31.6 Å². The van der Waals surface area contributed by atoms with Crippen LogP contribution < -0.4 is 5.73 Å². The molecule has 0 saturated carbocycles. The van der Waals surface area contributed by atoms with E-state index in [1.165, 1.54) is 5.56 Å². The summed E-state index contributed by atoms with van der Waals surface area (Å²) in [6, 6.07) is 7.75. The summed E-state index contributed by atoms with van der Waals surface area (Å²) in [7, 11) is 0. The number of nitrogens with two attached hydrogens (primary N) is 1. The second-order valence-corrected chi connectivity index (χ2v) is 5.18. The van der Waals surface area contributed by atoms with E-state index >= 15 is 0 Å². The third-order valence-corrected chi connectivity index (χ3v) is 3.67. The van der Waals surface area contributed by atoms with Crippen molar-refractivity contribution in [2.45, 2.75) is 26.0 Å². The van der Waals surface area contributed by atoms with Gasteiger partial charge < -0.3 is 10.8 Å². The number of aliphatic hydroxyl groups is 1. The summed E-state index contributed by atoms with van der Waals surface area (Å²) in [6.07, 6.45) is 0.836. The average molecular weight is 247 g/mol. The maximum absolute atomic E-state index is 9.86. The van der Waals surface area contributed by atoms with Gasteiger partial charge in [0.05, 0.1) is 6.10 Å². The van der Waals surface area contributed by atoms with Crippen LogP contribution in [-0.2, 0) is 6.54 Å². The Morgan fingerprint density at radius 2 is 2.11 bits per heavy atom. The fourth-order valence-corrected chi connectivity index (χ4v) is 2.31. The highest BCUT2D eigenvalue weighted by molar-refractivity contribution is 5.94. The molecule has 2 unspecified atom stereocenters. The first kappa shape index (κ1) is 13.1. The number of amidine groups is 1. The van der Waals surface area contributed by atoms with Gasteiger partial charge in [0.25, 0.3) is 0 Å². The maximum atomic E-state index is 9.86. The van der Waals surface area contributed by atoms with Crippen molar-refractivity contribution in [3.63, 3.8) is 0 Å². The predicted molar refractivity (Wildman–Crippen MR) is 72.5 cm³/mol. The molecule has 4 nitrogen and oxygen atoms in total. The molecule has 1 aromatic carbocycles. The Hall–Kier alpha value is -1.39. The third kappa shape index (κ3) is 3.09. The van der Waals surface area contributed by atoms with Crippen LogP contribution in [0, 0.1) is 11.3 Å². The van der Waals surface area contributed by atoms with E-state index < -0.39 is 0 Å². The molecule has 1 aliphatic rings. The minimum absolute atomic E-state index is 0.101. The lowest BCUT2D eigenvalue weighted by Crippen LogP contribution is -2.42. The van der Waals surface area contributed by atoms with E-state index in [9.17, 15) is 5.11 Å². The Balaban J connectivity index is 1.95. The van der Waals surface area contributed by atoms with Gasteiger partial charge in [-0.2, -0.15) is 0 Å². The van der Waals surface area contributed by atoms with Crippen molar-refractivity contribution in [1.29, 1.82) is 5.41 Å². The molecule has 0 aliphatic carbocycles. The zero-order valence-corrected chi connectivity index (χ0v) is 10.8. The summed E-state index contributed by atoms with van der Waals surface area (Å²) >= 11 is 0. The van der Waals surface area contributed by atoms with Crippen LogP contribution in [0.4, 0.5) is 0 Å². The second-order valence-electron chi connectivity index (χ2n) is 5.18. The topological polar surface area (TPSA) is 73.3 Å². The monoisotopic (exact) mass is 247 g/mol. The predicted octanol–water partition coefficient (Wildman–Crippen LogP) is 1.17. The zero-order valence-electron chi connectivity index (χ0n) is 10.8. The van der Waals surface area contributed by atoms with Gasteiger partial charge in [0.1, 0.15) is 5.84 Å². The van der Waals surface area contributed by atoms with Crippen LogP contribution in [0.25, 0.3) is 0 Å². The van der Waals surface area contributed by atoms with Crippen LogP contribution in [0.3, 0.4) is 0 Å². The van der Waals surface area contributed by atoms with Crippen LogP contribution in [0.5, 0.6) is 0 Å². The Morgan fingerprint density at radius 3 is 2.67 bits per heavy atom. The van der Waals surface area contributed by atoms with Gasteiger partial charge in [0.2, 0.25) is 0 Å². The SMILES string of the molecule is CC1CCN(Cc2ccc(C(=N)N)cc2)CC1O. The summed E-state index contributed by atoms with van der Waals surface area (Å²) in [5.74, 6) is 0.505. The molecule has 18 heavy (non-hydrogen) atoms. The van der Waals surface area contributed by atoms with Crippen molar-refractivity contribution in [3.05, 3.63) is 35.4 Å². The third-order valence-electron chi connectivity index (χ3n) is 3.67. The number of benzene rings is 1. The number of rotatable bonds is 3. The van der Waals surface area contributed by atoms with E-state index in [4.69, 9.17) is 11.1 Å². The largest absolute Gasteiger partial charge is 0.392 e. The zero-order chi connectivity index (χ0) is 13.1. The lowest BCUT2D eigenvalue weighted by atomic mass is 9.95. The van der Waals surface area contributed by atoms with E-state index in [0.29, 0.717) is 5.92 Å². The first-order valence-electron chi connectivity index (χ1n) is 6.40. The standard InChI is InChI=1S/C14H21N3O/c1-10-6-7-17(9-13(10)18)8-11-2-4-12(5-3-11)14(15)16/h2-5,10,13,18H,6-9H2,1H3,(H3,15,16). The normalized spacial score (nSPS) is 25.0. The van der Waals surface area contributed by atoms with Gasteiger partial charge in [-0.3, -0.25) is 10.3 Å². The molecule has 98 valence electrons. The average Bonchev–Trinajstić information content (AvgIpc) is 2.34. The molecule has 0 radical (unpaired) electrons. The highest BCUT2D eigenvalue weighted by Gasteiger charge is 2.23. The number of nitrogens with zero attached hydrogens (tertiary/aromatic N) is 1. The summed E-state index contributed by atoms with van der Waals surface area (Å²) in [5.41, 5.74) is 7.37. The molecule has 4 heteroatoms. The summed E-state index contributed by atoms with van der Waals surface area (Å²) in [6.45, 7) is 4.73. The molecular weight excluding hydrogens is 226 g/mol. The fraction of sp³-hybridized carbons (Fsp3) is 0.500. The quantitative estimate of drug-likeness (QED) is 0.554. The highest BCUT2D eigenvalue weighted by atomic mass is 16.3. The molecule has 0 aromatic heterocycles. The molecular formula is C14H21N3O. The molecule has 1 saturated heterocycles. The Labute approximate surface area is 108 Å². The van der Waals surface area contributed by atoms with Crippen molar-refractivity contribution in [1.82, 2.24) is 4.90 Å². The van der Waals surface area contributed by atoms with Gasteiger partial charge in [-0.1, -0.05) is 31.2 Å². The smallest absolute Gasteiger partial charge is 0.122 e. The van der Waals surface area contributed by atoms with Crippen LogP contribution in [0.1, 0.15) is 24.5 Å². The van der Waals surface area contributed by atoms with Gasteiger partial charge in [-0.15, -0.1) is 0 Å². The molecule has 1 aromatic rings. The molecule has 1 heterocycles. The van der Waals surface area contributed by atoms with Gasteiger partial charge >= 0.3 is 0 Å². The van der Waals surface area contributed by atoms with Crippen molar-refractivity contribution < 1.29 is 5.11 Å². The van der Waals surface area contributed by atoms with Crippen LogP contribution in [0.2, 0.25) is 0 Å². The Kier molecular flexibility index (Phi) is 3.99. The Bertz CT molecular complexity index is 416. The molecule has 0 amide bonds. The fourth-order valence-electron chi connectivity index (χ4n) is 2.31. The van der Waals surface area contributed by atoms with Gasteiger partial charge in [0, 0.05) is 18.7 Å². The number of piperidine rings is 1. The lowest BCUT2D eigenvalue weighted by Gasteiger charge is -2.34. The minimum Gasteiger partial charge on any atom is -0.392 e. The molecule has 2 atom stereocenters. The summed E-state index contributed by atoms with van der Waals surface area (Å²) in [5, 5.41) is 17.2. The van der Waals surface area contributed by atoms with E-state index in [1.54, 1.807) is 0 Å². The minimum atomic E-state index is -0.213. The first-order valence-corrected chi connectivity index (χ1v) is 6.40. The number of hydrogen-bond acceptors (Lipinski definition) is 3. The molecule has 0 bridgehead atoms. The van der Waals surface area contributed by atoms with E-state index in [2.05, 4.69) is 11.8 Å². The molecule has 2 rings (SSSR count). The number of nitrogen functional groups attached to an aromatic ring is 1. The lowest BCUT2D eigenvalue weighted by molar-refractivity contribution is 0.0259. The van der Waals surface area contributed by atoms with E-state index in [-0.39, 0.29) is 11.9 Å². The van der Waals surface area contributed by atoms with Gasteiger partial charge in [-0.05, 0) is 24.4 Å². The Morgan fingerprint density at radius 1 is 1.44 bits per heavy atom. The summed E-state index contributed by atoms with van der Waals surface area (Å²) < 4.78 is 0. The number of nitrogens with one attached hydrogen (secondary N) is 1. The number of aliphatic hydroxyl groups excluding tert-OH is 1. The van der Waals surface area contributed by atoms with E-state index in [1.807, 2.05) is 24.3 Å². The molecule has 1 fully saturated rings. The molecule has 1 aliphatic heterocycles. The van der Waals surface area contributed by atoms with Crippen LogP contribution >= 0.6 is 0 Å². The van der Waals surface area contributed by atoms with Crippen LogP contribution in [-0.4, -0.2) is 35.0 Å². The second kappa shape index (κ2) is 5.50. The van der Waals surface area contributed by atoms with Gasteiger partial charge in [0.15, 0.2) is 0 Å². The van der Waals surface area contributed by atoms with Crippen molar-refractivity contribution in [3.8, 4) is 0 Å². The molecule has 4 N–H and O–H groups in total. The highest BCUT2D eigenvalue weighted by Crippen LogP contribution is 2.19. The van der Waals surface area contributed by atoms with Crippen molar-refractivity contribution in [2.24, 2.45) is 11.7 Å². The number of β-amino-alcohol motifs (C(OH)–C–C–N with tert-alkyl or cyclic N) is 1. The van der Waals surface area contributed by atoms with Crippen molar-refractivity contribution >= 4 is 5.84 Å². The number of likely N-dealkylation sites (tertiary alicyclic amines) is 1. The molecule has 0 spiro atoms. The van der Waals surface area contributed by atoms with Gasteiger partial charge in [-0.25, -0.2) is 0 Å². The number of hydrogen-bond donors (Lipinski definition) is 3. The van der Waals surface area contributed by atoms with Crippen LogP contribution in [0.15, 0.2) is 24.3 Å². The summed E-state index contributed by atoms with van der Waals surface area (Å²) in [4.78, 5) is 2.27.